The van der Waals surface area contributed by atoms with E-state index in [0.29, 0.717) is 31.9 Å². The van der Waals surface area contributed by atoms with Gasteiger partial charge in [-0.3, -0.25) is 13.9 Å². The number of likely N-dealkylation sites (tertiary alicyclic amines) is 1. The Labute approximate surface area is 169 Å². The molecule has 152 valence electrons. The highest BCUT2D eigenvalue weighted by Gasteiger charge is 2.31. The van der Waals surface area contributed by atoms with E-state index in [4.69, 9.17) is 4.74 Å². The number of aromatic nitrogens is 3. The molecule has 1 aromatic carbocycles. The Balaban J connectivity index is 1.64. The zero-order valence-corrected chi connectivity index (χ0v) is 17.1. The monoisotopic (exact) mass is 394 g/mol. The normalized spacial score (nSPS) is 16.7. The van der Waals surface area contributed by atoms with Crippen LogP contribution in [0.5, 0.6) is 0 Å². The predicted molar refractivity (Wildman–Crippen MR) is 111 cm³/mol. The van der Waals surface area contributed by atoms with Crippen LogP contribution >= 0.6 is 0 Å². The molecule has 3 heterocycles. The summed E-state index contributed by atoms with van der Waals surface area (Å²) in [6, 6.07) is 9.54. The van der Waals surface area contributed by atoms with E-state index in [2.05, 4.69) is 4.98 Å². The van der Waals surface area contributed by atoms with Crippen LogP contribution < -0.4 is 5.69 Å². The van der Waals surface area contributed by atoms with E-state index in [-0.39, 0.29) is 17.6 Å². The molecule has 0 N–H and O–H groups in total. The van der Waals surface area contributed by atoms with Crippen molar-refractivity contribution in [3.8, 4) is 0 Å². The molecular formula is C22H26N4O3. The average Bonchev–Trinajstić information content (AvgIpc) is 3.28. The number of ether oxygens (including phenoxy) is 1. The van der Waals surface area contributed by atoms with Crippen molar-refractivity contribution in [2.24, 2.45) is 0 Å². The van der Waals surface area contributed by atoms with Crippen molar-refractivity contribution in [1.82, 2.24) is 19.0 Å². The van der Waals surface area contributed by atoms with Crippen molar-refractivity contribution in [3.63, 3.8) is 0 Å². The van der Waals surface area contributed by atoms with E-state index >= 15 is 0 Å². The van der Waals surface area contributed by atoms with E-state index in [9.17, 15) is 9.59 Å². The summed E-state index contributed by atoms with van der Waals surface area (Å²) in [6.07, 6.45) is 2.43. The molecule has 7 heteroatoms. The Bertz CT molecular complexity index is 1110. The van der Waals surface area contributed by atoms with Gasteiger partial charge < -0.3 is 9.64 Å². The number of hydrogen-bond donors (Lipinski definition) is 0. The lowest BCUT2D eigenvalue weighted by molar-refractivity contribution is 0.0787. The van der Waals surface area contributed by atoms with Crippen LogP contribution in [-0.4, -0.2) is 51.7 Å². The minimum Gasteiger partial charge on any atom is -0.383 e. The standard InChI is InChI=1S/C22H26N4O3/c1-15-6-7-18(16(2)13-15)21(27)24-10-8-17(14-24)26-20-19(5-4-9-23-20)25(22(26)28)11-12-29-3/h4-7,9,13,17H,8,10-12,14H2,1-3H3/t17-/m1/s1. The Morgan fingerprint density at radius 1 is 1.28 bits per heavy atom. The quantitative estimate of drug-likeness (QED) is 0.667. The third-order valence-electron chi connectivity index (χ3n) is 5.67. The molecule has 1 fully saturated rings. The number of rotatable bonds is 5. The number of imidazole rings is 1. The molecule has 0 spiro atoms. The zero-order valence-electron chi connectivity index (χ0n) is 17.1. The first-order valence-electron chi connectivity index (χ1n) is 9.92. The maximum atomic E-state index is 13.1. The van der Waals surface area contributed by atoms with Gasteiger partial charge in [0.25, 0.3) is 5.91 Å². The van der Waals surface area contributed by atoms with Gasteiger partial charge in [-0.1, -0.05) is 17.7 Å². The van der Waals surface area contributed by atoms with Crippen molar-refractivity contribution in [3.05, 3.63) is 63.7 Å². The Kier molecular flexibility index (Phi) is 5.24. The van der Waals surface area contributed by atoms with Crippen molar-refractivity contribution >= 4 is 17.1 Å². The molecule has 4 rings (SSSR count). The Morgan fingerprint density at radius 3 is 2.86 bits per heavy atom. The summed E-state index contributed by atoms with van der Waals surface area (Å²) in [5.74, 6) is 0.0223. The van der Waals surface area contributed by atoms with Gasteiger partial charge in [-0.25, -0.2) is 9.78 Å². The van der Waals surface area contributed by atoms with Crippen LogP contribution in [0.2, 0.25) is 0 Å². The van der Waals surface area contributed by atoms with E-state index in [1.165, 1.54) is 0 Å². The second kappa shape index (κ2) is 7.83. The lowest BCUT2D eigenvalue weighted by Crippen LogP contribution is -2.32. The molecule has 0 saturated carbocycles. The van der Waals surface area contributed by atoms with Crippen LogP contribution in [0.3, 0.4) is 0 Å². The lowest BCUT2D eigenvalue weighted by atomic mass is 10.0. The third kappa shape index (κ3) is 3.46. The third-order valence-corrected chi connectivity index (χ3v) is 5.67. The number of amides is 1. The zero-order chi connectivity index (χ0) is 20.5. The van der Waals surface area contributed by atoms with Gasteiger partial charge in [0.15, 0.2) is 5.65 Å². The van der Waals surface area contributed by atoms with E-state index in [0.717, 1.165) is 28.6 Å². The molecule has 0 radical (unpaired) electrons. The van der Waals surface area contributed by atoms with Gasteiger partial charge in [-0.15, -0.1) is 0 Å². The van der Waals surface area contributed by atoms with Gasteiger partial charge in [0.1, 0.15) is 0 Å². The SMILES string of the molecule is COCCn1c(=O)n([C@@H]2CCN(C(=O)c3ccc(C)cc3C)C2)c2ncccc21. The van der Waals surface area contributed by atoms with E-state index in [1.807, 2.05) is 49.1 Å². The molecule has 2 aromatic heterocycles. The van der Waals surface area contributed by atoms with Gasteiger partial charge in [0.2, 0.25) is 0 Å². The second-order valence-corrected chi connectivity index (χ2v) is 7.66. The van der Waals surface area contributed by atoms with Gasteiger partial charge in [-0.05, 0) is 44.0 Å². The van der Waals surface area contributed by atoms with Crippen LogP contribution in [-0.2, 0) is 11.3 Å². The first kappa shape index (κ1) is 19.4. The summed E-state index contributed by atoms with van der Waals surface area (Å²) in [7, 11) is 1.62. The fourth-order valence-electron chi connectivity index (χ4n) is 4.20. The second-order valence-electron chi connectivity index (χ2n) is 7.66. The molecule has 0 bridgehead atoms. The first-order valence-corrected chi connectivity index (χ1v) is 9.92. The minimum absolute atomic E-state index is 0.0223. The number of aryl methyl sites for hydroxylation is 2. The topological polar surface area (TPSA) is 69.4 Å². The van der Waals surface area contributed by atoms with Crippen molar-refractivity contribution in [2.75, 3.05) is 26.8 Å². The first-order chi connectivity index (χ1) is 14.0. The van der Waals surface area contributed by atoms with Crippen LogP contribution in [0.25, 0.3) is 11.2 Å². The Morgan fingerprint density at radius 2 is 2.10 bits per heavy atom. The van der Waals surface area contributed by atoms with Crippen LogP contribution in [0.4, 0.5) is 0 Å². The number of nitrogens with zero attached hydrogens (tertiary/aromatic N) is 4. The highest BCUT2D eigenvalue weighted by atomic mass is 16.5. The summed E-state index contributed by atoms with van der Waals surface area (Å²) in [6.45, 7) is 6.04. The molecule has 0 aliphatic carbocycles. The van der Waals surface area contributed by atoms with Crippen LogP contribution in [0.1, 0.15) is 33.9 Å². The molecule has 29 heavy (non-hydrogen) atoms. The summed E-state index contributed by atoms with van der Waals surface area (Å²) in [4.78, 5) is 32.5. The smallest absolute Gasteiger partial charge is 0.330 e. The largest absolute Gasteiger partial charge is 0.383 e. The summed E-state index contributed by atoms with van der Waals surface area (Å²) >= 11 is 0. The lowest BCUT2D eigenvalue weighted by Gasteiger charge is -2.18. The summed E-state index contributed by atoms with van der Waals surface area (Å²) in [5, 5.41) is 0. The number of carbonyl (C=O) groups is 1. The number of methoxy groups -OCH3 is 1. The van der Waals surface area contributed by atoms with Crippen molar-refractivity contribution < 1.29 is 9.53 Å². The van der Waals surface area contributed by atoms with Crippen molar-refractivity contribution in [1.29, 1.82) is 0 Å². The van der Waals surface area contributed by atoms with Gasteiger partial charge in [0.05, 0.1) is 24.7 Å². The fourth-order valence-corrected chi connectivity index (χ4v) is 4.20. The van der Waals surface area contributed by atoms with Gasteiger partial charge in [0, 0.05) is 32.0 Å². The van der Waals surface area contributed by atoms with Crippen molar-refractivity contribution in [2.45, 2.75) is 32.9 Å². The Hall–Kier alpha value is -2.93. The molecule has 7 nitrogen and oxygen atoms in total. The van der Waals surface area contributed by atoms with E-state index < -0.39 is 0 Å². The van der Waals surface area contributed by atoms with E-state index in [1.54, 1.807) is 22.4 Å². The molecule has 1 aliphatic heterocycles. The molecule has 1 saturated heterocycles. The molecule has 1 aliphatic rings. The van der Waals surface area contributed by atoms with Crippen LogP contribution in [0.15, 0.2) is 41.3 Å². The van der Waals surface area contributed by atoms with Gasteiger partial charge in [-0.2, -0.15) is 0 Å². The molecule has 0 unspecified atom stereocenters. The number of fused-ring (bicyclic) bond motifs is 1. The highest BCUT2D eigenvalue weighted by Crippen LogP contribution is 2.26. The predicted octanol–water partition coefficient (Wildman–Crippen LogP) is 2.55. The average molecular weight is 394 g/mol. The molecule has 1 amide bonds. The molecule has 1 atom stereocenters. The maximum Gasteiger partial charge on any atom is 0.330 e. The van der Waals surface area contributed by atoms with Gasteiger partial charge >= 0.3 is 5.69 Å². The molecular weight excluding hydrogens is 368 g/mol. The summed E-state index contributed by atoms with van der Waals surface area (Å²) < 4.78 is 8.62. The number of hydrogen-bond acceptors (Lipinski definition) is 4. The highest BCUT2D eigenvalue weighted by molar-refractivity contribution is 5.96. The number of benzene rings is 1. The number of carbonyl (C=O) groups excluding carboxylic acids is 1. The van der Waals surface area contributed by atoms with Crippen LogP contribution in [0, 0.1) is 13.8 Å². The minimum atomic E-state index is -0.0958. The fraction of sp³-hybridized carbons (Fsp3) is 0.409. The maximum absolute atomic E-state index is 13.1. The summed E-state index contributed by atoms with van der Waals surface area (Å²) in [5.41, 5.74) is 4.22. The number of pyridine rings is 1. The molecule has 3 aromatic rings.